The second-order valence-corrected chi connectivity index (χ2v) is 6.46. The number of non-ortho nitro benzene ring substituents is 1. The highest BCUT2D eigenvalue weighted by Gasteiger charge is 2.43. The van der Waals surface area contributed by atoms with Crippen LogP contribution in [0.5, 0.6) is 0 Å². The molecule has 0 saturated carbocycles. The molecule has 0 saturated heterocycles. The first kappa shape index (κ1) is 14.9. The lowest BCUT2D eigenvalue weighted by molar-refractivity contribution is -0.384. The Morgan fingerprint density at radius 2 is 1.35 bits per heavy atom. The van der Waals surface area contributed by atoms with E-state index in [9.17, 15) is 28.1 Å². The number of nitro benzene ring substituents is 1. The van der Waals surface area contributed by atoms with Gasteiger partial charge in [0.25, 0.3) is 27.5 Å². The molecule has 1 aliphatic rings. The van der Waals surface area contributed by atoms with Gasteiger partial charge in [-0.2, -0.15) is 4.31 Å². The Morgan fingerprint density at radius 1 is 0.870 bits per heavy atom. The molecule has 3 rings (SSSR count). The minimum Gasteiger partial charge on any atom is -0.267 e. The third-order valence-corrected chi connectivity index (χ3v) is 5.02. The molecular weight excluding hydrogens is 324 g/mol. The zero-order chi connectivity index (χ0) is 16.8. The minimum atomic E-state index is -4.44. The van der Waals surface area contributed by atoms with Crippen LogP contribution in [-0.2, 0) is 10.0 Å². The van der Waals surface area contributed by atoms with Crippen LogP contribution in [0, 0.1) is 10.1 Å². The first-order valence-corrected chi connectivity index (χ1v) is 7.75. The number of carbonyl (C=O) groups excluding carboxylic acids is 2. The van der Waals surface area contributed by atoms with Crippen LogP contribution in [0.4, 0.5) is 5.69 Å². The Labute approximate surface area is 130 Å². The molecule has 2 aromatic carbocycles. The van der Waals surface area contributed by atoms with E-state index in [0.29, 0.717) is 0 Å². The van der Waals surface area contributed by atoms with Gasteiger partial charge in [0.05, 0.1) is 20.9 Å². The average Bonchev–Trinajstić information content (AvgIpc) is 2.80. The fraction of sp³-hybridized carbons (Fsp3) is 0. The Kier molecular flexibility index (Phi) is 3.22. The highest BCUT2D eigenvalue weighted by Crippen LogP contribution is 2.29. The van der Waals surface area contributed by atoms with Crippen molar-refractivity contribution in [3.8, 4) is 0 Å². The standard InChI is InChI=1S/C14H8N2O6S/c17-13-11-3-1-2-4-12(11)14(18)15(13)23(21,22)10-7-5-9(6-8-10)16(19)20/h1-8H. The quantitative estimate of drug-likeness (QED) is 0.479. The molecule has 0 atom stereocenters. The molecule has 9 heteroatoms. The fourth-order valence-corrected chi connectivity index (χ4v) is 3.55. The highest BCUT2D eigenvalue weighted by atomic mass is 32.2. The number of nitrogens with zero attached hydrogens (tertiary/aromatic N) is 2. The zero-order valence-electron chi connectivity index (χ0n) is 11.4. The predicted octanol–water partition coefficient (Wildman–Crippen LogP) is 1.58. The van der Waals surface area contributed by atoms with Crippen molar-refractivity contribution in [3.05, 3.63) is 69.8 Å². The summed E-state index contributed by atoms with van der Waals surface area (Å²) in [6.45, 7) is 0. The normalized spacial score (nSPS) is 14.0. The van der Waals surface area contributed by atoms with Crippen molar-refractivity contribution in [2.24, 2.45) is 0 Å². The lowest BCUT2D eigenvalue weighted by Crippen LogP contribution is -2.36. The third-order valence-electron chi connectivity index (χ3n) is 3.34. The predicted molar refractivity (Wildman–Crippen MR) is 77.2 cm³/mol. The summed E-state index contributed by atoms with van der Waals surface area (Å²) in [6, 6.07) is 9.71. The van der Waals surface area contributed by atoms with E-state index in [-0.39, 0.29) is 26.0 Å². The molecule has 1 heterocycles. The van der Waals surface area contributed by atoms with Crippen molar-refractivity contribution < 1.29 is 22.9 Å². The van der Waals surface area contributed by atoms with Crippen LogP contribution in [0.1, 0.15) is 20.7 Å². The molecule has 0 spiro atoms. The molecule has 8 nitrogen and oxygen atoms in total. The maximum absolute atomic E-state index is 12.5. The van der Waals surface area contributed by atoms with Crippen LogP contribution >= 0.6 is 0 Å². The van der Waals surface area contributed by atoms with Gasteiger partial charge in [0, 0.05) is 12.1 Å². The Bertz CT molecular complexity index is 914. The fourth-order valence-electron chi connectivity index (χ4n) is 2.23. The van der Waals surface area contributed by atoms with E-state index in [2.05, 4.69) is 0 Å². The largest absolute Gasteiger partial charge is 0.275 e. The zero-order valence-corrected chi connectivity index (χ0v) is 12.2. The summed E-state index contributed by atoms with van der Waals surface area (Å²) in [7, 11) is -4.44. The number of nitro groups is 1. The molecule has 1 aliphatic heterocycles. The number of hydrogen-bond acceptors (Lipinski definition) is 6. The number of amides is 2. The van der Waals surface area contributed by atoms with Gasteiger partial charge in [-0.25, -0.2) is 8.42 Å². The van der Waals surface area contributed by atoms with E-state index < -0.39 is 26.8 Å². The first-order chi connectivity index (χ1) is 10.8. The molecule has 0 aliphatic carbocycles. The topological polar surface area (TPSA) is 115 Å². The number of hydrogen-bond donors (Lipinski definition) is 0. The monoisotopic (exact) mass is 332 g/mol. The van der Waals surface area contributed by atoms with Gasteiger partial charge in [0.1, 0.15) is 0 Å². The van der Waals surface area contributed by atoms with Crippen LogP contribution in [0.15, 0.2) is 53.4 Å². The van der Waals surface area contributed by atoms with Gasteiger partial charge in [-0.1, -0.05) is 12.1 Å². The number of carbonyl (C=O) groups is 2. The van der Waals surface area contributed by atoms with Gasteiger partial charge in [-0.3, -0.25) is 19.7 Å². The minimum absolute atomic E-state index is 0.00277. The van der Waals surface area contributed by atoms with E-state index in [1.165, 1.54) is 24.3 Å². The van der Waals surface area contributed by atoms with Crippen molar-refractivity contribution >= 4 is 27.5 Å². The van der Waals surface area contributed by atoms with Gasteiger partial charge in [-0.15, -0.1) is 0 Å². The lowest BCUT2D eigenvalue weighted by atomic mass is 10.1. The van der Waals surface area contributed by atoms with Gasteiger partial charge in [-0.05, 0) is 24.3 Å². The first-order valence-electron chi connectivity index (χ1n) is 6.31. The Hall–Kier alpha value is -3.07. The molecule has 2 aromatic rings. The van der Waals surface area contributed by atoms with Crippen LogP contribution in [-0.4, -0.2) is 29.5 Å². The summed E-state index contributed by atoms with van der Waals surface area (Å²) < 4.78 is 25.2. The summed E-state index contributed by atoms with van der Waals surface area (Å²) in [5, 5.41) is 10.6. The van der Waals surface area contributed by atoms with Crippen molar-refractivity contribution in [1.82, 2.24) is 4.31 Å². The van der Waals surface area contributed by atoms with E-state index in [1.54, 1.807) is 0 Å². The van der Waals surface area contributed by atoms with Gasteiger partial charge < -0.3 is 0 Å². The second-order valence-electron chi connectivity index (χ2n) is 4.68. The van der Waals surface area contributed by atoms with Gasteiger partial charge in [0.15, 0.2) is 0 Å². The SMILES string of the molecule is O=C1c2ccccc2C(=O)N1S(=O)(=O)c1ccc([N+](=O)[O-])cc1. The molecule has 0 bridgehead atoms. The third kappa shape index (κ3) is 2.18. The Balaban J connectivity index is 2.06. The van der Waals surface area contributed by atoms with Crippen molar-refractivity contribution in [2.75, 3.05) is 0 Å². The van der Waals surface area contributed by atoms with Crippen LogP contribution < -0.4 is 0 Å². The summed E-state index contributed by atoms with van der Waals surface area (Å²) >= 11 is 0. The maximum atomic E-state index is 12.5. The second kappa shape index (κ2) is 4.99. The van der Waals surface area contributed by atoms with Crippen molar-refractivity contribution in [3.63, 3.8) is 0 Å². The molecule has 0 aromatic heterocycles. The molecule has 0 N–H and O–H groups in total. The number of benzene rings is 2. The summed E-state index contributed by atoms with van der Waals surface area (Å²) in [5.41, 5.74) is -0.294. The van der Waals surface area contributed by atoms with Crippen LogP contribution in [0.25, 0.3) is 0 Å². The van der Waals surface area contributed by atoms with Crippen molar-refractivity contribution in [2.45, 2.75) is 4.90 Å². The van der Waals surface area contributed by atoms with Crippen LogP contribution in [0.3, 0.4) is 0 Å². The maximum Gasteiger partial charge on any atom is 0.275 e. The number of rotatable bonds is 3. The van der Waals surface area contributed by atoms with Crippen LogP contribution in [0.2, 0.25) is 0 Å². The lowest BCUT2D eigenvalue weighted by Gasteiger charge is -2.14. The Morgan fingerprint density at radius 3 is 1.78 bits per heavy atom. The van der Waals surface area contributed by atoms with E-state index in [4.69, 9.17) is 0 Å². The van der Waals surface area contributed by atoms with Gasteiger partial charge >= 0.3 is 0 Å². The number of imide groups is 1. The summed E-state index contributed by atoms with van der Waals surface area (Å²) in [4.78, 5) is 34.0. The molecular formula is C14H8N2O6S. The molecule has 0 unspecified atom stereocenters. The molecule has 116 valence electrons. The smallest absolute Gasteiger partial charge is 0.267 e. The van der Waals surface area contributed by atoms with E-state index >= 15 is 0 Å². The molecule has 23 heavy (non-hydrogen) atoms. The average molecular weight is 332 g/mol. The molecule has 2 amide bonds. The summed E-state index contributed by atoms with van der Waals surface area (Å²) in [6.07, 6.45) is 0. The van der Waals surface area contributed by atoms with E-state index in [0.717, 1.165) is 24.3 Å². The number of fused-ring (bicyclic) bond motifs is 1. The van der Waals surface area contributed by atoms with Crippen molar-refractivity contribution in [1.29, 1.82) is 0 Å². The molecule has 0 radical (unpaired) electrons. The molecule has 0 fully saturated rings. The highest BCUT2D eigenvalue weighted by molar-refractivity contribution is 7.90. The van der Waals surface area contributed by atoms with Gasteiger partial charge in [0.2, 0.25) is 0 Å². The van der Waals surface area contributed by atoms with E-state index in [1.807, 2.05) is 0 Å². The summed E-state index contributed by atoms with van der Waals surface area (Å²) in [5.74, 6) is -1.88. The number of sulfonamides is 1.